The minimum atomic E-state index is -3.75. The van der Waals surface area contributed by atoms with Crippen LogP contribution >= 0.6 is 7.60 Å². The molecule has 1 aromatic carbocycles. The molecule has 0 radical (unpaired) electrons. The van der Waals surface area contributed by atoms with Gasteiger partial charge in [-0.15, -0.1) is 0 Å². The van der Waals surface area contributed by atoms with Gasteiger partial charge in [-0.3, -0.25) is 4.57 Å². The number of carbonyl (C=O) groups excluding carboxylic acids is 1. The summed E-state index contributed by atoms with van der Waals surface area (Å²) in [6.07, 6.45) is 3.51. The van der Waals surface area contributed by atoms with E-state index in [0.29, 0.717) is 22.4 Å². The van der Waals surface area contributed by atoms with Crippen LogP contribution in [-0.2, 0) is 26.9 Å². The summed E-state index contributed by atoms with van der Waals surface area (Å²) in [5.41, 5.74) is 2.72. The second-order valence-corrected chi connectivity index (χ2v) is 7.55. The zero-order valence-corrected chi connectivity index (χ0v) is 16.1. The van der Waals surface area contributed by atoms with Crippen LogP contribution in [-0.4, -0.2) is 29.7 Å². The van der Waals surface area contributed by atoms with E-state index in [1.165, 1.54) is 13.2 Å². The number of benzene rings is 1. The molecule has 1 unspecified atom stereocenters. The number of carbonyl (C=O) groups is 1. The Morgan fingerprint density at radius 2 is 2.12 bits per heavy atom. The number of methoxy groups -OCH3 is 1. The third kappa shape index (κ3) is 4.18. The van der Waals surface area contributed by atoms with Crippen molar-refractivity contribution in [3.05, 3.63) is 45.8 Å². The summed E-state index contributed by atoms with van der Waals surface area (Å²) >= 11 is 0. The van der Waals surface area contributed by atoms with Gasteiger partial charge >= 0.3 is 13.6 Å². The summed E-state index contributed by atoms with van der Waals surface area (Å²) in [7, 11) is -2.25. The smallest absolute Gasteiger partial charge is 0.351 e. The second-order valence-electron chi connectivity index (χ2n) is 5.86. The van der Waals surface area contributed by atoms with Crippen LogP contribution in [0.15, 0.2) is 23.5 Å². The van der Waals surface area contributed by atoms with Gasteiger partial charge in [0.25, 0.3) is 0 Å². The van der Waals surface area contributed by atoms with E-state index < -0.39 is 13.6 Å². The van der Waals surface area contributed by atoms with E-state index in [4.69, 9.17) is 14.0 Å². The molecule has 1 aliphatic rings. The van der Waals surface area contributed by atoms with Crippen molar-refractivity contribution in [3.8, 4) is 11.5 Å². The Kier molecular flexibility index (Phi) is 6.29. The number of aromatic hydroxyl groups is 1. The van der Waals surface area contributed by atoms with Gasteiger partial charge in [-0.2, -0.15) is 0 Å². The van der Waals surface area contributed by atoms with Gasteiger partial charge in [0.05, 0.1) is 13.7 Å². The van der Waals surface area contributed by atoms with Gasteiger partial charge in [0.2, 0.25) is 0 Å². The Morgan fingerprint density at radius 3 is 2.73 bits per heavy atom. The van der Waals surface area contributed by atoms with Gasteiger partial charge in [-0.05, 0) is 32.8 Å². The summed E-state index contributed by atoms with van der Waals surface area (Å²) in [4.78, 5) is 21.4. The van der Waals surface area contributed by atoms with Crippen LogP contribution < -0.4 is 4.74 Å². The molecule has 26 heavy (non-hydrogen) atoms. The van der Waals surface area contributed by atoms with Crippen molar-refractivity contribution in [1.29, 1.82) is 0 Å². The molecule has 0 aliphatic carbocycles. The number of allylic oxidation sites excluding steroid dienone is 3. The molecular weight excluding hydrogens is 359 g/mol. The molecule has 0 saturated carbocycles. The highest BCUT2D eigenvalue weighted by Crippen LogP contribution is 2.44. The molecule has 142 valence electrons. The Bertz CT molecular complexity index is 824. The van der Waals surface area contributed by atoms with E-state index >= 15 is 0 Å². The molecule has 0 aromatic heterocycles. The van der Waals surface area contributed by atoms with Crippen LogP contribution in [0, 0.1) is 6.92 Å². The lowest BCUT2D eigenvalue weighted by Crippen LogP contribution is -2.03. The molecule has 1 heterocycles. The fourth-order valence-corrected chi connectivity index (χ4v) is 3.68. The molecule has 7 nitrogen and oxygen atoms in total. The average Bonchev–Trinajstić information content (AvgIpc) is 2.97. The molecule has 0 saturated heterocycles. The quantitative estimate of drug-likeness (QED) is 0.422. The summed E-state index contributed by atoms with van der Waals surface area (Å²) in [5.74, 6) is 0.906. The number of cyclic esters (lactones) is 1. The van der Waals surface area contributed by atoms with Crippen LogP contribution in [0.4, 0.5) is 0 Å². The van der Waals surface area contributed by atoms with E-state index in [0.717, 1.165) is 11.4 Å². The molecule has 1 aliphatic heterocycles. The highest BCUT2D eigenvalue weighted by molar-refractivity contribution is 7.56. The molecule has 0 amide bonds. The molecule has 0 spiro atoms. The van der Waals surface area contributed by atoms with Crippen molar-refractivity contribution >= 4 is 13.6 Å². The summed E-state index contributed by atoms with van der Waals surface area (Å²) in [5, 5.41) is 10.5. The maximum Gasteiger partial charge on any atom is 0.351 e. The van der Waals surface area contributed by atoms with E-state index in [1.807, 2.05) is 6.92 Å². The zero-order chi connectivity index (χ0) is 19.5. The van der Waals surface area contributed by atoms with Crippen molar-refractivity contribution in [2.24, 2.45) is 0 Å². The Morgan fingerprint density at radius 1 is 1.42 bits per heavy atom. The number of phenolic OH excluding ortho intramolecular Hbond substituents is 1. The molecule has 2 rings (SSSR count). The molecular formula is C18H23O7P. The van der Waals surface area contributed by atoms with Crippen LogP contribution in [0.3, 0.4) is 0 Å². The van der Waals surface area contributed by atoms with E-state index in [-0.39, 0.29) is 30.9 Å². The minimum absolute atomic E-state index is 0.116. The van der Waals surface area contributed by atoms with Crippen molar-refractivity contribution in [1.82, 2.24) is 0 Å². The Balaban J connectivity index is 2.34. The van der Waals surface area contributed by atoms with E-state index in [9.17, 15) is 19.4 Å². The average molecular weight is 382 g/mol. The van der Waals surface area contributed by atoms with Gasteiger partial charge in [0, 0.05) is 16.9 Å². The van der Waals surface area contributed by atoms with Crippen LogP contribution in [0.25, 0.3) is 0 Å². The standard InChI is InChI=1S/C18H23O7P/c1-5-25-26(21,22)9-8-11(2)6-7-13-16(19)15-14(10-24-18(15)20)12(3)17(13)23-4/h6,8-9,19H,5,7,10H2,1-4H3,(H,21,22). The third-order valence-electron chi connectivity index (χ3n) is 4.12. The number of hydrogen-bond acceptors (Lipinski definition) is 6. The van der Waals surface area contributed by atoms with Gasteiger partial charge in [-0.1, -0.05) is 17.7 Å². The number of rotatable bonds is 7. The topological polar surface area (TPSA) is 102 Å². The van der Waals surface area contributed by atoms with E-state index in [1.54, 1.807) is 19.9 Å². The lowest BCUT2D eigenvalue weighted by molar-refractivity contribution is 0.0533. The molecule has 1 atom stereocenters. The first-order valence-electron chi connectivity index (χ1n) is 8.13. The summed E-state index contributed by atoms with van der Waals surface area (Å²) in [6, 6.07) is 0. The van der Waals surface area contributed by atoms with Gasteiger partial charge in [-0.25, -0.2) is 4.79 Å². The Labute approximate surface area is 152 Å². The van der Waals surface area contributed by atoms with Crippen molar-refractivity contribution in [2.45, 2.75) is 33.8 Å². The number of phenols is 1. The first kappa shape index (κ1) is 20.2. The lowest BCUT2D eigenvalue weighted by atomic mass is 9.95. The number of hydrogen-bond donors (Lipinski definition) is 2. The minimum Gasteiger partial charge on any atom is -0.507 e. The number of fused-ring (bicyclic) bond motifs is 1. The van der Waals surface area contributed by atoms with Crippen molar-refractivity contribution < 1.29 is 33.4 Å². The number of ether oxygens (including phenoxy) is 2. The monoisotopic (exact) mass is 382 g/mol. The van der Waals surface area contributed by atoms with Crippen LogP contribution in [0.2, 0.25) is 0 Å². The highest BCUT2D eigenvalue weighted by Gasteiger charge is 2.31. The maximum atomic E-state index is 11.9. The van der Waals surface area contributed by atoms with E-state index in [2.05, 4.69) is 0 Å². The van der Waals surface area contributed by atoms with Crippen LogP contribution in [0.5, 0.6) is 11.5 Å². The maximum absolute atomic E-state index is 11.9. The van der Waals surface area contributed by atoms with Gasteiger partial charge in [0.1, 0.15) is 23.7 Å². The SMILES string of the molecule is CCOP(=O)(O)C=CC(C)=CCc1c(O)c2c(c(C)c1OC)COC2=O. The number of esters is 1. The summed E-state index contributed by atoms with van der Waals surface area (Å²) in [6.45, 7) is 5.45. The first-order valence-corrected chi connectivity index (χ1v) is 9.77. The molecule has 0 bridgehead atoms. The fourth-order valence-electron chi connectivity index (χ4n) is 2.80. The van der Waals surface area contributed by atoms with Crippen molar-refractivity contribution in [3.63, 3.8) is 0 Å². The fraction of sp³-hybridized carbons (Fsp3) is 0.389. The predicted octanol–water partition coefficient (Wildman–Crippen LogP) is 3.60. The molecule has 1 aromatic rings. The van der Waals surface area contributed by atoms with Crippen molar-refractivity contribution in [2.75, 3.05) is 13.7 Å². The highest BCUT2D eigenvalue weighted by atomic mass is 31.2. The third-order valence-corrected chi connectivity index (χ3v) is 5.27. The zero-order valence-electron chi connectivity index (χ0n) is 15.2. The second kappa shape index (κ2) is 8.08. The first-order chi connectivity index (χ1) is 12.2. The van der Waals surface area contributed by atoms with Gasteiger partial charge in [0.15, 0.2) is 0 Å². The largest absolute Gasteiger partial charge is 0.507 e. The molecule has 2 N–H and O–H groups in total. The Hall–Kier alpha value is -2.08. The van der Waals surface area contributed by atoms with Gasteiger partial charge < -0.3 is 24.0 Å². The summed E-state index contributed by atoms with van der Waals surface area (Å²) < 4.78 is 26.9. The lowest BCUT2D eigenvalue weighted by Gasteiger charge is -2.15. The predicted molar refractivity (Wildman–Crippen MR) is 96.6 cm³/mol. The normalized spacial score (nSPS) is 16.5. The van der Waals surface area contributed by atoms with Crippen LogP contribution in [0.1, 0.15) is 40.9 Å². The molecule has 0 fully saturated rings. The molecule has 8 heteroatoms.